The van der Waals surface area contributed by atoms with E-state index in [0.717, 1.165) is 26.2 Å². The maximum atomic E-state index is 11.7. The molecule has 1 aromatic carbocycles. The monoisotopic (exact) mass is 420 g/mol. The van der Waals surface area contributed by atoms with Crippen molar-refractivity contribution in [2.45, 2.75) is 39.3 Å². The van der Waals surface area contributed by atoms with Gasteiger partial charge in [0.15, 0.2) is 0 Å². The molecule has 0 amide bonds. The second-order valence-corrected chi connectivity index (χ2v) is 7.51. The average molecular weight is 421 g/mol. The SMILES string of the molecule is COC(=O)c1cccc(CN(CC(C)C)C2CCNCC2)c1.O=C(O)C=CC(=O)O. The molecule has 0 aliphatic carbocycles. The molecule has 1 fully saturated rings. The van der Waals surface area contributed by atoms with Crippen molar-refractivity contribution in [3.8, 4) is 0 Å². The van der Waals surface area contributed by atoms with E-state index in [-0.39, 0.29) is 5.97 Å². The maximum absolute atomic E-state index is 11.7. The van der Waals surface area contributed by atoms with Gasteiger partial charge in [0.2, 0.25) is 0 Å². The number of hydrogen-bond acceptors (Lipinski definition) is 6. The average Bonchev–Trinajstić information content (AvgIpc) is 2.72. The number of carboxylic acid groups (broad SMARTS) is 2. The number of carbonyl (C=O) groups excluding carboxylic acids is 1. The van der Waals surface area contributed by atoms with E-state index in [0.29, 0.717) is 29.7 Å². The number of piperidine rings is 1. The van der Waals surface area contributed by atoms with Crippen LogP contribution in [-0.2, 0) is 20.9 Å². The molecule has 0 atom stereocenters. The van der Waals surface area contributed by atoms with Crippen molar-refractivity contribution in [1.29, 1.82) is 0 Å². The van der Waals surface area contributed by atoms with Crippen LogP contribution in [0, 0.1) is 5.92 Å². The van der Waals surface area contributed by atoms with Gasteiger partial charge in [-0.05, 0) is 49.5 Å². The van der Waals surface area contributed by atoms with Crippen LogP contribution in [0.5, 0.6) is 0 Å². The van der Waals surface area contributed by atoms with E-state index in [9.17, 15) is 14.4 Å². The lowest BCUT2D eigenvalue weighted by atomic mass is 10.0. The fraction of sp³-hybridized carbons (Fsp3) is 0.500. The minimum atomic E-state index is -1.26. The predicted molar refractivity (Wildman–Crippen MR) is 113 cm³/mol. The lowest BCUT2D eigenvalue weighted by Gasteiger charge is -2.36. The van der Waals surface area contributed by atoms with E-state index in [4.69, 9.17) is 14.9 Å². The van der Waals surface area contributed by atoms with Crippen LogP contribution in [0.3, 0.4) is 0 Å². The van der Waals surface area contributed by atoms with Crippen molar-refractivity contribution in [2.24, 2.45) is 5.92 Å². The highest BCUT2D eigenvalue weighted by Crippen LogP contribution is 2.18. The van der Waals surface area contributed by atoms with Gasteiger partial charge in [-0.25, -0.2) is 14.4 Å². The molecule has 0 spiro atoms. The Morgan fingerprint density at radius 2 is 1.77 bits per heavy atom. The minimum Gasteiger partial charge on any atom is -0.478 e. The summed E-state index contributed by atoms with van der Waals surface area (Å²) < 4.78 is 4.82. The van der Waals surface area contributed by atoms with Crippen molar-refractivity contribution in [3.63, 3.8) is 0 Å². The first-order chi connectivity index (χ1) is 14.2. The molecular formula is C22H32N2O6. The fourth-order valence-electron chi connectivity index (χ4n) is 3.28. The number of aliphatic carboxylic acids is 2. The molecule has 1 heterocycles. The van der Waals surface area contributed by atoms with Gasteiger partial charge in [-0.1, -0.05) is 26.0 Å². The third-order valence-corrected chi connectivity index (χ3v) is 4.53. The van der Waals surface area contributed by atoms with E-state index in [1.165, 1.54) is 25.5 Å². The van der Waals surface area contributed by atoms with Crippen LogP contribution in [0.25, 0.3) is 0 Å². The quantitative estimate of drug-likeness (QED) is 0.434. The highest BCUT2D eigenvalue weighted by Gasteiger charge is 2.22. The van der Waals surface area contributed by atoms with E-state index < -0.39 is 11.9 Å². The zero-order chi connectivity index (χ0) is 22.5. The largest absolute Gasteiger partial charge is 0.478 e. The van der Waals surface area contributed by atoms with Gasteiger partial charge in [0.1, 0.15) is 0 Å². The molecular weight excluding hydrogens is 388 g/mol. The third kappa shape index (κ3) is 10.2. The standard InChI is InChI=1S/C18H28N2O2.C4H4O4/c1-14(2)12-20(17-7-9-19-10-8-17)13-15-5-4-6-16(11-15)18(21)22-3;5-3(6)1-2-4(7)8/h4-6,11,14,17,19H,7-10,12-13H2,1-3H3;1-2H,(H,5,6)(H,7,8). The summed E-state index contributed by atoms with van der Waals surface area (Å²) in [5.41, 5.74) is 1.82. The zero-order valence-electron chi connectivity index (χ0n) is 17.8. The van der Waals surface area contributed by atoms with Crippen LogP contribution < -0.4 is 5.32 Å². The summed E-state index contributed by atoms with van der Waals surface area (Å²) in [5, 5.41) is 19.1. The molecule has 2 rings (SSSR count). The molecule has 0 unspecified atom stereocenters. The van der Waals surface area contributed by atoms with Crippen molar-refractivity contribution < 1.29 is 29.3 Å². The second kappa shape index (κ2) is 13.5. The number of benzene rings is 1. The summed E-state index contributed by atoms with van der Waals surface area (Å²) in [6.07, 6.45) is 3.51. The topological polar surface area (TPSA) is 116 Å². The Labute approximate surface area is 177 Å². The number of rotatable bonds is 8. The third-order valence-electron chi connectivity index (χ3n) is 4.53. The van der Waals surface area contributed by atoms with Crippen molar-refractivity contribution in [3.05, 3.63) is 47.5 Å². The van der Waals surface area contributed by atoms with E-state index in [1.807, 2.05) is 18.2 Å². The van der Waals surface area contributed by atoms with E-state index >= 15 is 0 Å². The van der Waals surface area contributed by atoms with Crippen LogP contribution in [-0.4, -0.2) is 65.8 Å². The van der Waals surface area contributed by atoms with Gasteiger partial charge in [-0.3, -0.25) is 4.90 Å². The van der Waals surface area contributed by atoms with Gasteiger partial charge >= 0.3 is 17.9 Å². The lowest BCUT2D eigenvalue weighted by molar-refractivity contribution is -0.134. The maximum Gasteiger partial charge on any atom is 0.337 e. The zero-order valence-corrected chi connectivity index (χ0v) is 17.8. The van der Waals surface area contributed by atoms with Crippen LogP contribution >= 0.6 is 0 Å². The smallest absolute Gasteiger partial charge is 0.337 e. The summed E-state index contributed by atoms with van der Waals surface area (Å²) in [6.45, 7) is 8.71. The first-order valence-corrected chi connectivity index (χ1v) is 9.98. The Morgan fingerprint density at radius 3 is 2.27 bits per heavy atom. The van der Waals surface area contributed by atoms with Crippen LogP contribution in [0.15, 0.2) is 36.4 Å². The molecule has 166 valence electrons. The minimum absolute atomic E-state index is 0.265. The second-order valence-electron chi connectivity index (χ2n) is 7.51. The highest BCUT2D eigenvalue weighted by molar-refractivity contribution is 5.90. The molecule has 30 heavy (non-hydrogen) atoms. The highest BCUT2D eigenvalue weighted by atomic mass is 16.5. The van der Waals surface area contributed by atoms with Crippen LogP contribution in [0.2, 0.25) is 0 Å². The summed E-state index contributed by atoms with van der Waals surface area (Å²) in [7, 11) is 1.43. The number of nitrogens with zero attached hydrogens (tertiary/aromatic N) is 1. The van der Waals surface area contributed by atoms with Gasteiger partial charge in [-0.15, -0.1) is 0 Å². The number of carbonyl (C=O) groups is 3. The Kier molecular flexibility index (Phi) is 11.4. The molecule has 8 heteroatoms. The van der Waals surface area contributed by atoms with Crippen molar-refractivity contribution in [1.82, 2.24) is 10.2 Å². The first-order valence-electron chi connectivity index (χ1n) is 9.98. The normalized spacial score (nSPS) is 14.4. The van der Waals surface area contributed by atoms with Gasteiger partial charge in [0.25, 0.3) is 0 Å². The predicted octanol–water partition coefficient (Wildman–Crippen LogP) is 2.39. The molecule has 1 aromatic rings. The Morgan fingerprint density at radius 1 is 1.17 bits per heavy atom. The summed E-state index contributed by atoms with van der Waals surface area (Å²) >= 11 is 0. The van der Waals surface area contributed by atoms with Gasteiger partial charge in [0.05, 0.1) is 12.7 Å². The summed E-state index contributed by atoms with van der Waals surface area (Å²) in [4.78, 5) is 33.4. The Bertz CT molecular complexity index is 710. The molecule has 0 bridgehead atoms. The molecule has 1 aliphatic rings. The van der Waals surface area contributed by atoms with Crippen LogP contribution in [0.1, 0.15) is 42.6 Å². The molecule has 0 saturated carbocycles. The van der Waals surface area contributed by atoms with E-state index in [1.54, 1.807) is 0 Å². The Balaban J connectivity index is 0.000000479. The summed E-state index contributed by atoms with van der Waals surface area (Å²) in [5.74, 6) is -2.14. The Hall–Kier alpha value is -2.71. The number of methoxy groups -OCH3 is 1. The molecule has 3 N–H and O–H groups in total. The first kappa shape index (κ1) is 25.3. The van der Waals surface area contributed by atoms with Crippen molar-refractivity contribution in [2.75, 3.05) is 26.7 Å². The number of ether oxygens (including phenoxy) is 1. The van der Waals surface area contributed by atoms with Gasteiger partial charge in [0, 0.05) is 31.3 Å². The van der Waals surface area contributed by atoms with Gasteiger partial charge < -0.3 is 20.3 Å². The van der Waals surface area contributed by atoms with E-state index in [2.05, 4.69) is 30.1 Å². The fourth-order valence-corrected chi connectivity index (χ4v) is 3.28. The summed E-state index contributed by atoms with van der Waals surface area (Å²) in [6, 6.07) is 8.44. The number of nitrogens with one attached hydrogen (secondary N) is 1. The molecule has 8 nitrogen and oxygen atoms in total. The molecule has 0 aromatic heterocycles. The van der Waals surface area contributed by atoms with Crippen LogP contribution in [0.4, 0.5) is 0 Å². The lowest BCUT2D eigenvalue weighted by Crippen LogP contribution is -2.44. The molecule has 1 aliphatic heterocycles. The number of carboxylic acids is 2. The molecule has 1 saturated heterocycles. The molecule has 0 radical (unpaired) electrons. The number of esters is 1. The van der Waals surface area contributed by atoms with Gasteiger partial charge in [-0.2, -0.15) is 0 Å². The number of hydrogen-bond donors (Lipinski definition) is 3. The van der Waals surface area contributed by atoms with Crippen molar-refractivity contribution >= 4 is 17.9 Å².